The number of hydrogen-bond acceptors (Lipinski definition) is 3. The number of fused-ring (bicyclic) bond motifs is 1. The number of methoxy groups -OCH3 is 1. The molecule has 1 saturated heterocycles. The first-order chi connectivity index (χ1) is 14.6. The number of rotatable bonds is 6. The van der Waals surface area contributed by atoms with Gasteiger partial charge in [0.15, 0.2) is 0 Å². The minimum Gasteiger partial charge on any atom is -0.381 e. The summed E-state index contributed by atoms with van der Waals surface area (Å²) >= 11 is 0. The third-order valence-corrected chi connectivity index (χ3v) is 6.60. The summed E-state index contributed by atoms with van der Waals surface area (Å²) in [5.74, 6) is 0.533. The molecule has 5 nitrogen and oxygen atoms in total. The van der Waals surface area contributed by atoms with E-state index in [9.17, 15) is 9.59 Å². The van der Waals surface area contributed by atoms with Crippen molar-refractivity contribution >= 4 is 11.8 Å². The van der Waals surface area contributed by atoms with Gasteiger partial charge in [-0.3, -0.25) is 9.59 Å². The lowest BCUT2D eigenvalue weighted by Gasteiger charge is -2.41. The predicted molar refractivity (Wildman–Crippen MR) is 117 cm³/mol. The van der Waals surface area contributed by atoms with Gasteiger partial charge in [0.25, 0.3) is 5.91 Å². The Hall–Kier alpha value is -2.66. The van der Waals surface area contributed by atoms with E-state index in [0.717, 1.165) is 36.8 Å². The van der Waals surface area contributed by atoms with Gasteiger partial charge in [0.2, 0.25) is 5.91 Å². The first-order valence-electron chi connectivity index (χ1n) is 10.9. The van der Waals surface area contributed by atoms with E-state index in [0.29, 0.717) is 24.4 Å². The molecule has 1 aliphatic heterocycles. The molecule has 1 saturated carbocycles. The number of carbonyl (C=O) groups excluding carboxylic acids is 2. The van der Waals surface area contributed by atoms with E-state index in [1.54, 1.807) is 7.11 Å². The molecule has 2 aliphatic rings. The van der Waals surface area contributed by atoms with Crippen molar-refractivity contribution in [2.24, 2.45) is 11.8 Å². The van der Waals surface area contributed by atoms with Crippen LogP contribution < -0.4 is 10.6 Å². The van der Waals surface area contributed by atoms with Crippen molar-refractivity contribution in [2.75, 3.05) is 13.7 Å². The van der Waals surface area contributed by atoms with Crippen molar-refractivity contribution in [2.45, 2.75) is 44.2 Å². The second-order valence-corrected chi connectivity index (χ2v) is 8.47. The summed E-state index contributed by atoms with van der Waals surface area (Å²) in [4.78, 5) is 25.0. The predicted octanol–water partition coefficient (Wildman–Crippen LogP) is 3.79. The van der Waals surface area contributed by atoms with Crippen molar-refractivity contribution in [1.29, 1.82) is 0 Å². The zero-order valence-electron chi connectivity index (χ0n) is 17.5. The molecule has 0 bridgehead atoms. The maximum atomic E-state index is 12.5. The second kappa shape index (κ2) is 9.43. The number of benzene rings is 2. The Balaban J connectivity index is 1.26. The molecule has 4 rings (SSSR count). The first-order valence-corrected chi connectivity index (χ1v) is 10.9. The molecule has 2 N–H and O–H groups in total. The lowest BCUT2D eigenvalue weighted by molar-refractivity contribution is -0.131. The molecule has 30 heavy (non-hydrogen) atoms. The molecule has 1 heterocycles. The average molecular weight is 407 g/mol. The first kappa shape index (κ1) is 20.6. The third kappa shape index (κ3) is 4.73. The fraction of sp³-hybridized carbons (Fsp3) is 0.440. The van der Waals surface area contributed by atoms with Crippen LogP contribution in [0.4, 0.5) is 0 Å². The Labute approximate surface area is 178 Å². The topological polar surface area (TPSA) is 67.4 Å². The molecule has 2 fully saturated rings. The molecule has 4 atom stereocenters. The van der Waals surface area contributed by atoms with Gasteiger partial charge in [0.1, 0.15) is 0 Å². The number of piperidine rings is 1. The fourth-order valence-corrected chi connectivity index (χ4v) is 4.80. The number of carbonyl (C=O) groups is 2. The Morgan fingerprint density at radius 1 is 1.03 bits per heavy atom. The van der Waals surface area contributed by atoms with E-state index in [-0.39, 0.29) is 29.9 Å². The van der Waals surface area contributed by atoms with Gasteiger partial charge < -0.3 is 15.4 Å². The molecule has 2 aromatic carbocycles. The summed E-state index contributed by atoms with van der Waals surface area (Å²) in [6.07, 6.45) is 4.92. The van der Waals surface area contributed by atoms with Crippen molar-refractivity contribution in [3.8, 4) is 11.1 Å². The van der Waals surface area contributed by atoms with Crippen molar-refractivity contribution in [1.82, 2.24) is 10.6 Å². The number of amides is 2. The molecule has 5 heteroatoms. The summed E-state index contributed by atoms with van der Waals surface area (Å²) in [7, 11) is 1.75. The third-order valence-electron chi connectivity index (χ3n) is 6.60. The van der Waals surface area contributed by atoms with E-state index in [1.807, 2.05) is 42.5 Å². The van der Waals surface area contributed by atoms with Gasteiger partial charge in [-0.25, -0.2) is 0 Å². The number of ether oxygens (including phenoxy) is 1. The maximum Gasteiger partial charge on any atom is 0.251 e. The van der Waals surface area contributed by atoms with Crippen LogP contribution in [0.3, 0.4) is 0 Å². The minimum absolute atomic E-state index is 0.0221. The van der Waals surface area contributed by atoms with Crippen LogP contribution in [0.15, 0.2) is 54.6 Å². The van der Waals surface area contributed by atoms with Gasteiger partial charge in [0.05, 0.1) is 6.10 Å². The van der Waals surface area contributed by atoms with E-state index in [1.165, 1.54) is 0 Å². The summed E-state index contributed by atoms with van der Waals surface area (Å²) in [5.41, 5.74) is 2.86. The average Bonchev–Trinajstić information content (AvgIpc) is 2.79. The van der Waals surface area contributed by atoms with Crippen LogP contribution in [0.2, 0.25) is 0 Å². The summed E-state index contributed by atoms with van der Waals surface area (Å²) in [5, 5.41) is 6.17. The standard InChI is InChI=1S/C25H30N2O3/c1-30-22-12-11-20-15-21(25(29)27-23(20)16-22)13-14-26-24(28)19-9-7-18(8-10-19)17-5-3-2-4-6-17/h2-10,20-23H,11-16H2,1H3,(H,26,28)(H,27,29). The highest BCUT2D eigenvalue weighted by molar-refractivity contribution is 5.94. The van der Waals surface area contributed by atoms with E-state index in [4.69, 9.17) is 4.74 Å². The SMILES string of the molecule is COC1CCC2CC(CCNC(=O)c3ccc(-c4ccccc4)cc3)C(=O)NC2C1. The van der Waals surface area contributed by atoms with E-state index >= 15 is 0 Å². The van der Waals surface area contributed by atoms with Gasteiger partial charge in [-0.05, 0) is 61.3 Å². The normalized spacial score (nSPS) is 25.8. The van der Waals surface area contributed by atoms with Gasteiger partial charge in [-0.2, -0.15) is 0 Å². The van der Waals surface area contributed by atoms with Crippen LogP contribution in [0.1, 0.15) is 42.5 Å². The van der Waals surface area contributed by atoms with Gasteiger partial charge in [-0.1, -0.05) is 42.5 Å². The molecule has 0 radical (unpaired) electrons. The maximum absolute atomic E-state index is 12.5. The Morgan fingerprint density at radius 2 is 1.77 bits per heavy atom. The largest absolute Gasteiger partial charge is 0.381 e. The Morgan fingerprint density at radius 3 is 2.50 bits per heavy atom. The van der Waals surface area contributed by atoms with Gasteiger partial charge >= 0.3 is 0 Å². The smallest absolute Gasteiger partial charge is 0.251 e. The molecule has 0 spiro atoms. The fourth-order valence-electron chi connectivity index (χ4n) is 4.80. The zero-order valence-corrected chi connectivity index (χ0v) is 17.5. The molecular formula is C25H30N2O3. The van der Waals surface area contributed by atoms with Crippen LogP contribution in [0.25, 0.3) is 11.1 Å². The molecule has 158 valence electrons. The Kier molecular flexibility index (Phi) is 6.48. The second-order valence-electron chi connectivity index (χ2n) is 8.47. The van der Waals surface area contributed by atoms with Crippen molar-refractivity contribution in [3.63, 3.8) is 0 Å². The zero-order chi connectivity index (χ0) is 20.9. The van der Waals surface area contributed by atoms with Crippen LogP contribution in [0.5, 0.6) is 0 Å². The van der Waals surface area contributed by atoms with Crippen molar-refractivity contribution in [3.05, 3.63) is 60.2 Å². The highest BCUT2D eigenvalue weighted by Gasteiger charge is 2.39. The molecular weight excluding hydrogens is 376 g/mol. The van der Waals surface area contributed by atoms with Crippen molar-refractivity contribution < 1.29 is 14.3 Å². The van der Waals surface area contributed by atoms with Gasteiger partial charge in [-0.15, -0.1) is 0 Å². The summed E-state index contributed by atoms with van der Waals surface area (Å²) < 4.78 is 5.47. The number of hydrogen-bond donors (Lipinski definition) is 2. The molecule has 2 aromatic rings. The highest BCUT2D eigenvalue weighted by Crippen LogP contribution is 2.35. The molecule has 1 aliphatic carbocycles. The molecule has 0 aromatic heterocycles. The highest BCUT2D eigenvalue weighted by atomic mass is 16.5. The molecule has 2 amide bonds. The van der Waals surface area contributed by atoms with E-state index < -0.39 is 0 Å². The van der Waals surface area contributed by atoms with Crippen LogP contribution >= 0.6 is 0 Å². The van der Waals surface area contributed by atoms with Crippen LogP contribution in [-0.4, -0.2) is 37.6 Å². The Bertz CT molecular complexity index is 866. The van der Waals surface area contributed by atoms with Gasteiger partial charge in [0, 0.05) is 31.2 Å². The number of nitrogens with one attached hydrogen (secondary N) is 2. The molecule has 4 unspecified atom stereocenters. The van der Waals surface area contributed by atoms with Crippen LogP contribution in [0, 0.1) is 11.8 Å². The lowest BCUT2D eigenvalue weighted by Crippen LogP contribution is -2.53. The monoisotopic (exact) mass is 406 g/mol. The minimum atomic E-state index is -0.0932. The lowest BCUT2D eigenvalue weighted by atomic mass is 9.74. The van der Waals surface area contributed by atoms with E-state index in [2.05, 4.69) is 22.8 Å². The summed E-state index contributed by atoms with van der Waals surface area (Å²) in [6, 6.07) is 18.0. The quantitative estimate of drug-likeness (QED) is 0.767. The summed E-state index contributed by atoms with van der Waals surface area (Å²) in [6.45, 7) is 0.509. The van der Waals surface area contributed by atoms with Crippen LogP contribution in [-0.2, 0) is 9.53 Å².